The highest BCUT2D eigenvalue weighted by molar-refractivity contribution is 5.71. The minimum absolute atomic E-state index is 0.271. The minimum Gasteiger partial charge on any atom is -0.207 e. The van der Waals surface area contributed by atoms with E-state index in [9.17, 15) is 4.39 Å². The second kappa shape index (κ2) is 4.96. The maximum atomic E-state index is 13.2. The molecule has 116 valence electrons. The Morgan fingerprint density at radius 2 is 1.67 bits per heavy atom. The van der Waals surface area contributed by atoms with Gasteiger partial charge >= 0.3 is 0 Å². The SMILES string of the molecule is Fc1ccc(-c2nnc3cc4c(nn23)-c2ccccc2CC4)cc1. The van der Waals surface area contributed by atoms with Crippen LogP contribution in [0.2, 0.25) is 0 Å². The van der Waals surface area contributed by atoms with Crippen molar-refractivity contribution in [2.45, 2.75) is 12.8 Å². The van der Waals surface area contributed by atoms with Crippen LogP contribution in [0.1, 0.15) is 11.1 Å². The van der Waals surface area contributed by atoms with E-state index >= 15 is 0 Å². The average molecular weight is 316 g/mol. The van der Waals surface area contributed by atoms with Crippen molar-refractivity contribution in [1.82, 2.24) is 19.8 Å². The van der Waals surface area contributed by atoms with Crippen molar-refractivity contribution in [2.75, 3.05) is 0 Å². The highest BCUT2D eigenvalue weighted by Crippen LogP contribution is 2.32. The van der Waals surface area contributed by atoms with Gasteiger partial charge in [0, 0.05) is 11.1 Å². The molecule has 24 heavy (non-hydrogen) atoms. The van der Waals surface area contributed by atoms with Crippen LogP contribution in [0, 0.1) is 5.82 Å². The van der Waals surface area contributed by atoms with Crippen molar-refractivity contribution >= 4 is 5.65 Å². The summed E-state index contributed by atoms with van der Waals surface area (Å²) in [5.41, 5.74) is 6.16. The number of nitrogens with zero attached hydrogens (tertiary/aromatic N) is 4. The number of rotatable bonds is 1. The summed E-state index contributed by atoms with van der Waals surface area (Å²) >= 11 is 0. The lowest BCUT2D eigenvalue weighted by Crippen LogP contribution is -2.09. The van der Waals surface area contributed by atoms with Crippen molar-refractivity contribution in [1.29, 1.82) is 0 Å². The number of hydrogen-bond donors (Lipinski definition) is 0. The molecule has 0 saturated carbocycles. The zero-order chi connectivity index (χ0) is 16.1. The molecule has 0 atom stereocenters. The number of fused-ring (bicyclic) bond motifs is 4. The van der Waals surface area contributed by atoms with E-state index in [0.29, 0.717) is 11.5 Å². The van der Waals surface area contributed by atoms with Crippen molar-refractivity contribution < 1.29 is 4.39 Å². The van der Waals surface area contributed by atoms with Crippen molar-refractivity contribution in [3.8, 4) is 22.6 Å². The van der Waals surface area contributed by atoms with Crippen LogP contribution in [0.25, 0.3) is 28.3 Å². The predicted molar refractivity (Wildman–Crippen MR) is 89.0 cm³/mol. The zero-order valence-electron chi connectivity index (χ0n) is 12.8. The Hall–Kier alpha value is -3.08. The van der Waals surface area contributed by atoms with E-state index in [4.69, 9.17) is 5.10 Å². The molecule has 4 nitrogen and oxygen atoms in total. The summed E-state index contributed by atoms with van der Waals surface area (Å²) in [6.45, 7) is 0. The smallest absolute Gasteiger partial charge is 0.185 e. The topological polar surface area (TPSA) is 43.1 Å². The van der Waals surface area contributed by atoms with Crippen molar-refractivity contribution in [2.24, 2.45) is 0 Å². The van der Waals surface area contributed by atoms with Gasteiger partial charge in [-0.3, -0.25) is 0 Å². The molecule has 1 aliphatic carbocycles. The monoisotopic (exact) mass is 316 g/mol. The first-order valence-corrected chi connectivity index (χ1v) is 7.89. The number of aromatic nitrogens is 4. The first-order valence-electron chi connectivity index (χ1n) is 7.89. The number of aryl methyl sites for hydroxylation is 2. The van der Waals surface area contributed by atoms with Gasteiger partial charge in [-0.15, -0.1) is 10.2 Å². The minimum atomic E-state index is -0.271. The second-order valence-electron chi connectivity index (χ2n) is 5.98. The molecular weight excluding hydrogens is 303 g/mol. The van der Waals surface area contributed by atoms with Crippen LogP contribution in [0.4, 0.5) is 4.39 Å². The molecule has 2 aromatic heterocycles. The standard InChI is InChI=1S/C19H13FN4/c20-15-9-7-13(8-10-15)19-22-21-17-11-14-6-5-12-3-1-2-4-16(12)18(14)23-24(17)19/h1-4,7-11H,5-6H2. The highest BCUT2D eigenvalue weighted by Gasteiger charge is 2.20. The number of halogens is 1. The summed E-state index contributed by atoms with van der Waals surface area (Å²) in [5.74, 6) is 0.350. The molecule has 4 aromatic rings. The third-order valence-corrected chi connectivity index (χ3v) is 4.51. The molecular formula is C19H13FN4. The van der Waals surface area contributed by atoms with Crippen LogP contribution >= 0.6 is 0 Å². The second-order valence-corrected chi connectivity index (χ2v) is 5.98. The van der Waals surface area contributed by atoms with Gasteiger partial charge < -0.3 is 0 Å². The lowest BCUT2D eigenvalue weighted by atomic mass is 9.89. The fraction of sp³-hybridized carbons (Fsp3) is 0.105. The summed E-state index contributed by atoms with van der Waals surface area (Å²) in [6.07, 6.45) is 1.97. The Bertz CT molecular complexity index is 1070. The molecule has 0 saturated heterocycles. The van der Waals surface area contributed by atoms with E-state index in [0.717, 1.165) is 24.1 Å². The molecule has 0 radical (unpaired) electrons. The predicted octanol–water partition coefficient (Wildman–Crippen LogP) is 3.70. The van der Waals surface area contributed by atoms with Gasteiger partial charge in [-0.2, -0.15) is 9.61 Å². The fourth-order valence-corrected chi connectivity index (χ4v) is 3.30. The van der Waals surface area contributed by atoms with E-state index in [-0.39, 0.29) is 5.82 Å². The van der Waals surface area contributed by atoms with Crippen LogP contribution in [0.5, 0.6) is 0 Å². The normalized spacial score (nSPS) is 12.9. The zero-order valence-corrected chi connectivity index (χ0v) is 12.8. The summed E-state index contributed by atoms with van der Waals surface area (Å²) in [5, 5.41) is 13.3. The maximum absolute atomic E-state index is 13.2. The summed E-state index contributed by atoms with van der Waals surface area (Å²) in [6, 6.07) is 16.6. The van der Waals surface area contributed by atoms with Gasteiger partial charge in [0.25, 0.3) is 0 Å². The lowest BCUT2D eigenvalue weighted by Gasteiger charge is -2.18. The Morgan fingerprint density at radius 1 is 0.875 bits per heavy atom. The average Bonchev–Trinajstić information content (AvgIpc) is 3.03. The van der Waals surface area contributed by atoms with Gasteiger partial charge in [-0.25, -0.2) is 4.39 Å². The van der Waals surface area contributed by atoms with Crippen LogP contribution in [-0.2, 0) is 12.8 Å². The molecule has 5 rings (SSSR count). The highest BCUT2D eigenvalue weighted by atomic mass is 19.1. The molecule has 0 unspecified atom stereocenters. The lowest BCUT2D eigenvalue weighted by molar-refractivity contribution is 0.628. The van der Waals surface area contributed by atoms with Gasteiger partial charge in [0.1, 0.15) is 5.82 Å². The largest absolute Gasteiger partial charge is 0.207 e. The van der Waals surface area contributed by atoms with E-state index in [1.54, 1.807) is 16.6 Å². The fourth-order valence-electron chi connectivity index (χ4n) is 3.30. The molecule has 0 spiro atoms. The van der Waals surface area contributed by atoms with Gasteiger partial charge in [-0.05, 0) is 54.3 Å². The maximum Gasteiger partial charge on any atom is 0.185 e. The van der Waals surface area contributed by atoms with E-state index < -0.39 is 0 Å². The van der Waals surface area contributed by atoms with E-state index in [1.165, 1.54) is 28.8 Å². The van der Waals surface area contributed by atoms with E-state index in [1.807, 2.05) is 6.07 Å². The van der Waals surface area contributed by atoms with Gasteiger partial charge in [0.15, 0.2) is 11.5 Å². The van der Waals surface area contributed by atoms with Crippen molar-refractivity contribution in [3.05, 3.63) is 71.5 Å². The third-order valence-electron chi connectivity index (χ3n) is 4.51. The summed E-state index contributed by atoms with van der Waals surface area (Å²) in [4.78, 5) is 0. The van der Waals surface area contributed by atoms with Crippen LogP contribution in [0.15, 0.2) is 54.6 Å². The number of benzene rings is 2. The molecule has 5 heteroatoms. The van der Waals surface area contributed by atoms with Crippen molar-refractivity contribution in [3.63, 3.8) is 0 Å². The molecule has 0 aliphatic heterocycles. The Labute approximate surface area is 137 Å². The summed E-state index contributed by atoms with van der Waals surface area (Å²) < 4.78 is 14.9. The molecule has 0 fully saturated rings. The molecule has 2 aromatic carbocycles. The Morgan fingerprint density at radius 3 is 2.54 bits per heavy atom. The third kappa shape index (κ3) is 1.94. The van der Waals surface area contributed by atoms with Gasteiger partial charge in [0.2, 0.25) is 0 Å². The van der Waals surface area contributed by atoms with Gasteiger partial charge in [-0.1, -0.05) is 24.3 Å². The Balaban J connectivity index is 1.75. The first-order chi connectivity index (χ1) is 11.8. The quantitative estimate of drug-likeness (QED) is 0.538. The van der Waals surface area contributed by atoms with Gasteiger partial charge in [0.05, 0.1) is 5.69 Å². The Kier molecular flexibility index (Phi) is 2.76. The van der Waals surface area contributed by atoms with Crippen LogP contribution in [0.3, 0.4) is 0 Å². The van der Waals surface area contributed by atoms with E-state index in [2.05, 4.69) is 34.5 Å². The molecule has 0 amide bonds. The molecule has 1 aliphatic rings. The molecule has 2 heterocycles. The van der Waals surface area contributed by atoms with Crippen LogP contribution < -0.4 is 0 Å². The molecule has 0 bridgehead atoms. The molecule has 0 N–H and O–H groups in total. The summed E-state index contributed by atoms with van der Waals surface area (Å²) in [7, 11) is 0. The first kappa shape index (κ1) is 13.4. The van der Waals surface area contributed by atoms with Crippen LogP contribution in [-0.4, -0.2) is 19.8 Å². The number of hydrogen-bond acceptors (Lipinski definition) is 3.